The molecule has 0 amide bonds. The van der Waals surface area contributed by atoms with Gasteiger partial charge in [0.05, 0.1) is 14.2 Å². The molecule has 0 radical (unpaired) electrons. The van der Waals surface area contributed by atoms with Gasteiger partial charge < -0.3 is 14.4 Å². The Labute approximate surface area is 118 Å². The Hall–Kier alpha value is -2.04. The number of methoxy groups -OCH3 is 2. The Morgan fingerprint density at radius 3 is 2.50 bits per heavy atom. The minimum atomic E-state index is 0.672. The van der Waals surface area contributed by atoms with Gasteiger partial charge in [-0.3, -0.25) is 0 Å². The van der Waals surface area contributed by atoms with Gasteiger partial charge in [0, 0.05) is 18.5 Å². The van der Waals surface area contributed by atoms with Crippen LogP contribution in [-0.4, -0.2) is 37.3 Å². The summed E-state index contributed by atoms with van der Waals surface area (Å²) in [6.07, 6.45) is 5.35. The molecule has 1 aromatic heterocycles. The first-order chi connectivity index (χ1) is 9.85. The van der Waals surface area contributed by atoms with E-state index in [4.69, 9.17) is 9.47 Å². The topological polar surface area (TPSA) is 47.5 Å². The number of benzene rings is 1. The minimum absolute atomic E-state index is 0.672. The zero-order valence-electron chi connectivity index (χ0n) is 11.9. The Balaban J connectivity index is 2.14. The van der Waals surface area contributed by atoms with Crippen molar-refractivity contribution < 1.29 is 9.47 Å². The van der Waals surface area contributed by atoms with Gasteiger partial charge in [0.15, 0.2) is 11.5 Å². The lowest BCUT2D eigenvalue weighted by Gasteiger charge is -2.28. The molecule has 0 N–H and O–H groups in total. The highest BCUT2D eigenvalue weighted by atomic mass is 16.5. The second kappa shape index (κ2) is 5.53. The Morgan fingerprint density at radius 2 is 1.80 bits per heavy atom. The van der Waals surface area contributed by atoms with Crippen LogP contribution in [0.2, 0.25) is 0 Å². The summed E-state index contributed by atoms with van der Waals surface area (Å²) in [7, 11) is 3.27. The van der Waals surface area contributed by atoms with Gasteiger partial charge in [-0.05, 0) is 31.4 Å². The predicted molar refractivity (Wildman–Crippen MR) is 78.7 cm³/mol. The predicted octanol–water partition coefficient (Wildman–Crippen LogP) is 2.64. The molecule has 3 rings (SSSR count). The molecule has 106 valence electrons. The second-order valence-electron chi connectivity index (χ2n) is 4.94. The number of piperidine rings is 1. The molecule has 5 heteroatoms. The van der Waals surface area contributed by atoms with Gasteiger partial charge in [-0.25, -0.2) is 9.97 Å². The SMILES string of the molecule is COc1ccc2c(N3CCCCC3)ncnc2c1OC. The van der Waals surface area contributed by atoms with E-state index in [1.807, 2.05) is 12.1 Å². The van der Waals surface area contributed by atoms with Crippen LogP contribution >= 0.6 is 0 Å². The first-order valence-electron chi connectivity index (χ1n) is 6.96. The van der Waals surface area contributed by atoms with Gasteiger partial charge in [-0.1, -0.05) is 0 Å². The van der Waals surface area contributed by atoms with Crippen molar-refractivity contribution in [2.24, 2.45) is 0 Å². The second-order valence-corrected chi connectivity index (χ2v) is 4.94. The van der Waals surface area contributed by atoms with Crippen molar-refractivity contribution in [3.05, 3.63) is 18.5 Å². The largest absolute Gasteiger partial charge is 0.493 e. The van der Waals surface area contributed by atoms with E-state index in [1.54, 1.807) is 20.5 Å². The molecular formula is C15H19N3O2. The van der Waals surface area contributed by atoms with Gasteiger partial charge in [-0.2, -0.15) is 0 Å². The smallest absolute Gasteiger partial charge is 0.187 e. The normalized spacial score (nSPS) is 15.4. The van der Waals surface area contributed by atoms with Crippen molar-refractivity contribution >= 4 is 16.7 Å². The number of aromatic nitrogens is 2. The average molecular weight is 273 g/mol. The fourth-order valence-corrected chi connectivity index (χ4v) is 2.79. The molecule has 0 aliphatic carbocycles. The van der Waals surface area contributed by atoms with E-state index >= 15 is 0 Å². The van der Waals surface area contributed by atoms with Crippen LogP contribution in [0.4, 0.5) is 5.82 Å². The maximum Gasteiger partial charge on any atom is 0.187 e. The number of nitrogens with zero attached hydrogens (tertiary/aromatic N) is 3. The summed E-state index contributed by atoms with van der Waals surface area (Å²) in [5, 5.41) is 1.02. The molecule has 0 unspecified atom stereocenters. The van der Waals surface area contributed by atoms with Crippen molar-refractivity contribution in [2.45, 2.75) is 19.3 Å². The quantitative estimate of drug-likeness (QED) is 0.860. The highest BCUT2D eigenvalue weighted by Crippen LogP contribution is 2.37. The summed E-state index contributed by atoms with van der Waals surface area (Å²) in [5.41, 5.74) is 0.808. The highest BCUT2D eigenvalue weighted by molar-refractivity contribution is 5.95. The Morgan fingerprint density at radius 1 is 1.00 bits per heavy atom. The van der Waals surface area contributed by atoms with Crippen molar-refractivity contribution in [3.63, 3.8) is 0 Å². The lowest BCUT2D eigenvalue weighted by Crippen LogP contribution is -2.30. The summed E-state index contributed by atoms with van der Waals surface area (Å²) < 4.78 is 10.8. The van der Waals surface area contributed by atoms with E-state index < -0.39 is 0 Å². The molecule has 5 nitrogen and oxygen atoms in total. The third-order valence-electron chi connectivity index (χ3n) is 3.78. The molecular weight excluding hydrogens is 254 g/mol. The molecule has 2 aromatic rings. The first kappa shape index (κ1) is 13.0. The van der Waals surface area contributed by atoms with Crippen LogP contribution in [-0.2, 0) is 0 Å². The van der Waals surface area contributed by atoms with Crippen molar-refractivity contribution in [2.75, 3.05) is 32.2 Å². The zero-order valence-corrected chi connectivity index (χ0v) is 11.9. The summed E-state index contributed by atoms with van der Waals surface area (Å²) in [6, 6.07) is 3.93. The molecule has 1 aliphatic heterocycles. The van der Waals surface area contributed by atoms with Crippen LogP contribution in [0.3, 0.4) is 0 Å². The number of hydrogen-bond acceptors (Lipinski definition) is 5. The third-order valence-corrected chi connectivity index (χ3v) is 3.78. The van der Waals surface area contributed by atoms with Gasteiger partial charge in [-0.15, -0.1) is 0 Å². The van der Waals surface area contributed by atoms with Gasteiger partial charge in [0.2, 0.25) is 0 Å². The molecule has 20 heavy (non-hydrogen) atoms. The summed E-state index contributed by atoms with van der Waals surface area (Å²) in [4.78, 5) is 11.2. The Bertz CT molecular complexity index is 609. The minimum Gasteiger partial charge on any atom is -0.493 e. The molecule has 1 saturated heterocycles. The molecule has 1 aromatic carbocycles. The maximum absolute atomic E-state index is 5.46. The molecule has 0 bridgehead atoms. The van der Waals surface area contributed by atoms with Crippen LogP contribution in [0.25, 0.3) is 10.9 Å². The third kappa shape index (κ3) is 2.13. The van der Waals surface area contributed by atoms with Crippen molar-refractivity contribution in [1.82, 2.24) is 9.97 Å². The average Bonchev–Trinajstić information content (AvgIpc) is 2.53. The maximum atomic E-state index is 5.46. The van der Waals surface area contributed by atoms with E-state index in [2.05, 4.69) is 14.9 Å². The van der Waals surface area contributed by atoms with Crippen LogP contribution in [0.15, 0.2) is 18.5 Å². The summed E-state index contributed by atoms with van der Waals surface area (Å²) in [5.74, 6) is 2.37. The van der Waals surface area contributed by atoms with Crippen molar-refractivity contribution in [3.8, 4) is 11.5 Å². The van der Waals surface area contributed by atoms with Crippen molar-refractivity contribution in [1.29, 1.82) is 0 Å². The van der Waals surface area contributed by atoms with E-state index in [9.17, 15) is 0 Å². The molecule has 1 fully saturated rings. The molecule has 0 saturated carbocycles. The summed E-state index contributed by atoms with van der Waals surface area (Å²) in [6.45, 7) is 2.11. The van der Waals surface area contributed by atoms with E-state index in [0.29, 0.717) is 11.5 Å². The monoisotopic (exact) mass is 273 g/mol. The van der Waals surface area contributed by atoms with Gasteiger partial charge >= 0.3 is 0 Å². The molecule has 2 heterocycles. The Kier molecular flexibility index (Phi) is 3.58. The zero-order chi connectivity index (χ0) is 13.9. The standard InChI is InChI=1S/C15H19N3O2/c1-19-12-7-6-11-13(14(12)20-2)16-10-17-15(11)18-8-4-3-5-9-18/h6-7,10H,3-5,8-9H2,1-2H3. The van der Waals surface area contributed by atoms with Gasteiger partial charge in [0.25, 0.3) is 0 Å². The lowest BCUT2D eigenvalue weighted by atomic mass is 10.1. The molecule has 1 aliphatic rings. The fraction of sp³-hybridized carbons (Fsp3) is 0.467. The van der Waals surface area contributed by atoms with Gasteiger partial charge in [0.1, 0.15) is 17.7 Å². The van der Waals surface area contributed by atoms with Crippen LogP contribution in [0.5, 0.6) is 11.5 Å². The number of anilines is 1. The lowest BCUT2D eigenvalue weighted by molar-refractivity contribution is 0.358. The van der Waals surface area contributed by atoms with Crippen LogP contribution in [0.1, 0.15) is 19.3 Å². The molecule has 0 spiro atoms. The number of fused-ring (bicyclic) bond motifs is 1. The van der Waals surface area contributed by atoms with Crippen LogP contribution in [0, 0.1) is 0 Å². The fourth-order valence-electron chi connectivity index (χ4n) is 2.79. The number of rotatable bonds is 3. The number of ether oxygens (including phenoxy) is 2. The van der Waals surface area contributed by atoms with E-state index in [0.717, 1.165) is 29.8 Å². The first-order valence-corrected chi connectivity index (χ1v) is 6.96. The number of hydrogen-bond donors (Lipinski definition) is 0. The van der Waals surface area contributed by atoms with E-state index in [1.165, 1.54) is 19.3 Å². The molecule has 0 atom stereocenters. The van der Waals surface area contributed by atoms with Crippen LogP contribution < -0.4 is 14.4 Å². The summed E-state index contributed by atoms with van der Waals surface area (Å²) >= 11 is 0. The highest BCUT2D eigenvalue weighted by Gasteiger charge is 2.18. The van der Waals surface area contributed by atoms with E-state index in [-0.39, 0.29) is 0 Å².